The summed E-state index contributed by atoms with van der Waals surface area (Å²) in [6, 6.07) is 8.91. The fourth-order valence-electron chi connectivity index (χ4n) is 6.50. The van der Waals surface area contributed by atoms with E-state index in [0.717, 1.165) is 42.7 Å². The Labute approximate surface area is 383 Å². The fraction of sp³-hybridized carbons (Fsp3) is 0.605. The van der Waals surface area contributed by atoms with Gasteiger partial charge in [0.2, 0.25) is 0 Å². The summed E-state index contributed by atoms with van der Waals surface area (Å²) in [5.74, 6) is 0. The maximum absolute atomic E-state index is 12.9. The molecule has 2 amide bonds. The van der Waals surface area contributed by atoms with E-state index in [1.54, 1.807) is 9.80 Å². The van der Waals surface area contributed by atoms with Crippen LogP contribution in [0.25, 0.3) is 0 Å². The fourth-order valence-corrected chi connectivity index (χ4v) is 7.00. The molecule has 2 aromatic rings. The Kier molecular flexibility index (Phi) is 22.1. The number of ether oxygens (including phenoxy) is 2. The van der Waals surface area contributed by atoms with Gasteiger partial charge >= 0.3 is 44.0 Å². The number of likely N-dealkylation sites (tertiary alicyclic amines) is 2. The standard InChI is InChI=1S/C21H28F3N3O2.C20H28BrF3N2O2.2CN.Zn/c1-19(2,3)29-18(28)27-10-8-20(4,9-11-27)26(5)14-15-6-7-17(21(22,23)24)12-16(15)13-25;1-18(2,3)28-17(27)26-10-8-19(4,9-11-26)25(5)13-14-6-7-15(12-16(14)21)20(22,23)24;2*1-2;/h6-7,12H,8-11,14H2,1-5H3;6-7,12H,8-11,13H2,1-5H3;;;/q;;2*-1;+2. The number of hydrogen-bond acceptors (Lipinski definition) is 9. The Morgan fingerprint density at radius 3 is 1.32 bits per heavy atom. The maximum Gasteiger partial charge on any atom is 2.00 e. The molecule has 0 aliphatic carbocycles. The number of piperidine rings is 2. The van der Waals surface area contributed by atoms with E-state index in [4.69, 9.17) is 33.1 Å². The molecule has 0 N–H and O–H groups in total. The summed E-state index contributed by atoms with van der Waals surface area (Å²) in [5, 5.41) is 21.8. The molecule has 19 heteroatoms. The molecule has 0 unspecified atom stereocenters. The van der Waals surface area contributed by atoms with Gasteiger partial charge < -0.3 is 42.9 Å². The summed E-state index contributed by atoms with van der Waals surface area (Å²) < 4.78 is 88.5. The number of carbonyl (C=O) groups is 2. The van der Waals surface area contributed by atoms with Crippen molar-refractivity contribution < 1.29 is 64.9 Å². The van der Waals surface area contributed by atoms with E-state index in [1.165, 1.54) is 12.1 Å². The van der Waals surface area contributed by atoms with Gasteiger partial charge in [-0.3, -0.25) is 9.80 Å². The van der Waals surface area contributed by atoms with E-state index in [2.05, 4.69) is 34.7 Å². The number of rotatable bonds is 6. The normalized spacial score (nSPS) is 16.1. The molecule has 0 radical (unpaired) electrons. The first-order valence-electron chi connectivity index (χ1n) is 19.3. The second-order valence-corrected chi connectivity index (χ2v) is 18.3. The molecular formula is C43H56BrF6N7O4Zn. The molecule has 0 bridgehead atoms. The maximum atomic E-state index is 12.9. The Balaban J connectivity index is 0.00000110. The van der Waals surface area contributed by atoms with Gasteiger partial charge in [0.15, 0.2) is 0 Å². The van der Waals surface area contributed by atoms with Crippen molar-refractivity contribution in [2.45, 2.75) is 129 Å². The number of carbonyl (C=O) groups excluding carboxylic acids is 2. The van der Waals surface area contributed by atoms with Crippen LogP contribution in [0.3, 0.4) is 0 Å². The third-order valence-electron chi connectivity index (χ3n) is 10.6. The molecule has 62 heavy (non-hydrogen) atoms. The quantitative estimate of drug-likeness (QED) is 0.157. The summed E-state index contributed by atoms with van der Waals surface area (Å²) in [6.45, 7) is 27.8. The van der Waals surface area contributed by atoms with Crippen LogP contribution in [0.1, 0.15) is 109 Å². The number of alkyl halides is 6. The van der Waals surface area contributed by atoms with Crippen LogP contribution < -0.4 is 0 Å². The first-order valence-corrected chi connectivity index (χ1v) is 20.0. The van der Waals surface area contributed by atoms with Gasteiger partial charge in [0.05, 0.1) is 22.8 Å². The molecule has 11 nitrogen and oxygen atoms in total. The van der Waals surface area contributed by atoms with Crippen LogP contribution in [-0.2, 0) is 54.4 Å². The van der Waals surface area contributed by atoms with E-state index >= 15 is 0 Å². The zero-order chi connectivity index (χ0) is 47.4. The molecule has 0 atom stereocenters. The minimum atomic E-state index is -4.48. The predicted molar refractivity (Wildman–Crippen MR) is 219 cm³/mol. The Morgan fingerprint density at radius 2 is 1.02 bits per heavy atom. The van der Waals surface area contributed by atoms with Gasteiger partial charge in [0, 0.05) is 54.8 Å². The summed E-state index contributed by atoms with van der Waals surface area (Å²) in [5.41, 5.74) is -1.57. The molecule has 0 spiro atoms. The number of nitriles is 1. The minimum Gasteiger partial charge on any atom is -0.512 e. The first-order chi connectivity index (χ1) is 28.0. The van der Waals surface area contributed by atoms with Gasteiger partial charge in [-0.15, -0.1) is 0 Å². The second-order valence-electron chi connectivity index (χ2n) is 17.4. The number of benzene rings is 2. The van der Waals surface area contributed by atoms with Gasteiger partial charge in [-0.2, -0.15) is 31.6 Å². The third kappa shape index (κ3) is 17.7. The van der Waals surface area contributed by atoms with Crippen molar-refractivity contribution in [3.8, 4) is 6.07 Å². The predicted octanol–water partition coefficient (Wildman–Crippen LogP) is 10.7. The zero-order valence-corrected chi connectivity index (χ0v) is 41.7. The topological polar surface area (TPSA) is 137 Å². The average molecular weight is 994 g/mol. The first kappa shape index (κ1) is 58.1. The smallest absolute Gasteiger partial charge is 0.512 e. The van der Waals surface area contributed by atoms with Crippen LogP contribution in [0.2, 0.25) is 0 Å². The van der Waals surface area contributed by atoms with Crippen molar-refractivity contribution in [3.63, 3.8) is 0 Å². The molecule has 338 valence electrons. The van der Waals surface area contributed by atoms with E-state index in [9.17, 15) is 41.2 Å². The summed E-state index contributed by atoms with van der Waals surface area (Å²) in [6.07, 6.45) is -6.54. The largest absolute Gasteiger partial charge is 2.00 e. The van der Waals surface area contributed by atoms with Crippen molar-refractivity contribution in [3.05, 3.63) is 81.8 Å². The molecule has 2 aliphatic heterocycles. The van der Waals surface area contributed by atoms with Crippen molar-refractivity contribution >= 4 is 28.1 Å². The third-order valence-corrected chi connectivity index (χ3v) is 11.3. The summed E-state index contributed by atoms with van der Waals surface area (Å²) >= 11 is 3.27. The van der Waals surface area contributed by atoms with Crippen LogP contribution in [-0.4, -0.2) is 94.3 Å². The summed E-state index contributed by atoms with van der Waals surface area (Å²) in [4.78, 5) is 32.1. The van der Waals surface area contributed by atoms with E-state index in [0.29, 0.717) is 62.1 Å². The van der Waals surface area contributed by atoms with E-state index in [-0.39, 0.29) is 48.3 Å². The van der Waals surface area contributed by atoms with Crippen molar-refractivity contribution in [1.82, 2.24) is 19.6 Å². The number of hydrogen-bond donors (Lipinski definition) is 0. The van der Waals surface area contributed by atoms with Crippen molar-refractivity contribution in [2.75, 3.05) is 40.3 Å². The molecule has 4 rings (SSSR count). The van der Waals surface area contributed by atoms with Gasteiger partial charge in [-0.25, -0.2) is 9.59 Å². The molecule has 2 aromatic carbocycles. The number of nitrogens with zero attached hydrogens (tertiary/aromatic N) is 7. The van der Waals surface area contributed by atoms with Gasteiger partial charge in [-0.05, 0) is 131 Å². The van der Waals surface area contributed by atoms with Crippen LogP contribution in [0.15, 0.2) is 40.9 Å². The van der Waals surface area contributed by atoms with Crippen LogP contribution in [0.4, 0.5) is 35.9 Å². The molecule has 2 heterocycles. The van der Waals surface area contributed by atoms with Gasteiger partial charge in [0.25, 0.3) is 0 Å². The van der Waals surface area contributed by atoms with E-state index in [1.807, 2.05) is 66.6 Å². The molecule has 2 aliphatic rings. The molecule has 0 aromatic heterocycles. The number of amides is 2. The average Bonchev–Trinajstić information content (AvgIpc) is 3.16. The van der Waals surface area contributed by atoms with Crippen molar-refractivity contribution in [1.29, 1.82) is 15.8 Å². The van der Waals surface area contributed by atoms with Crippen LogP contribution in [0, 0.1) is 35.0 Å². The number of halogens is 7. The second kappa shape index (κ2) is 23.7. The molecule has 0 saturated carbocycles. The van der Waals surface area contributed by atoms with Gasteiger partial charge in [0.1, 0.15) is 11.2 Å². The molecule has 2 fully saturated rings. The minimum absolute atomic E-state index is 0. The Morgan fingerprint density at radius 1 is 0.694 bits per heavy atom. The zero-order valence-electron chi connectivity index (χ0n) is 37.2. The van der Waals surface area contributed by atoms with Crippen LogP contribution in [0.5, 0.6) is 0 Å². The van der Waals surface area contributed by atoms with Gasteiger partial charge in [-0.1, -0.05) is 28.1 Å². The monoisotopic (exact) mass is 991 g/mol. The SMILES string of the molecule is CN(Cc1ccc(C(F)(F)F)cc1Br)C1(C)CCN(C(=O)OC(C)(C)C)CC1.CN(Cc1ccc(C(F)(F)F)cc1C#N)C1(C)CCN(C(=O)OC(C)(C)C)CC1.[C-]#N.[C-]#N.[Zn+2]. The Hall–Kier alpha value is -3.95. The Bertz CT molecular complexity index is 1850. The summed E-state index contributed by atoms with van der Waals surface area (Å²) in [7, 11) is 3.86. The van der Waals surface area contributed by atoms with E-state index < -0.39 is 34.7 Å². The molecular weight excluding hydrogens is 938 g/mol. The van der Waals surface area contributed by atoms with Crippen LogP contribution >= 0.6 is 15.9 Å². The molecule has 2 saturated heterocycles. The van der Waals surface area contributed by atoms with Crippen molar-refractivity contribution in [2.24, 2.45) is 0 Å².